The number of piperazine rings is 1. The zero-order valence-corrected chi connectivity index (χ0v) is 17.3. The van der Waals surface area contributed by atoms with Crippen molar-refractivity contribution < 1.29 is 14.3 Å². The highest BCUT2D eigenvalue weighted by Crippen LogP contribution is 2.30. The van der Waals surface area contributed by atoms with Gasteiger partial charge in [-0.25, -0.2) is 0 Å². The van der Waals surface area contributed by atoms with Crippen LogP contribution in [0.25, 0.3) is 5.69 Å². The first-order valence-electron chi connectivity index (χ1n) is 9.73. The topological polar surface area (TPSA) is 85.6 Å². The molecule has 9 heteroatoms. The summed E-state index contributed by atoms with van der Waals surface area (Å²) < 4.78 is 12.5. The lowest BCUT2D eigenvalue weighted by Crippen LogP contribution is -2.49. The maximum atomic E-state index is 13.1. The zero-order chi connectivity index (χ0) is 21.1. The highest BCUT2D eigenvalue weighted by Gasteiger charge is 2.26. The molecule has 1 amide bonds. The molecule has 1 aromatic heterocycles. The number of carbonyl (C=O) groups is 1. The molecule has 0 unspecified atom stereocenters. The second kappa shape index (κ2) is 8.40. The monoisotopic (exact) mass is 408 g/mol. The Morgan fingerprint density at radius 1 is 0.967 bits per heavy atom. The van der Waals surface area contributed by atoms with E-state index in [0.717, 1.165) is 11.3 Å². The van der Waals surface area contributed by atoms with Gasteiger partial charge in [-0.1, -0.05) is 23.3 Å². The standard InChI is InChI=1S/C21H24N6O3/c1-15-18(29-2)13-16(14-19(15)30-3)20(28)25-9-11-26(12-10-25)21-22-23-24-27(21)17-7-5-4-6-8-17/h4-8,13-14H,9-12H2,1-3H3. The quantitative estimate of drug-likeness (QED) is 0.638. The molecule has 0 aliphatic carbocycles. The Morgan fingerprint density at radius 2 is 1.60 bits per heavy atom. The van der Waals surface area contributed by atoms with Gasteiger partial charge in [0.05, 0.1) is 19.9 Å². The molecular weight excluding hydrogens is 384 g/mol. The Morgan fingerprint density at radius 3 is 2.20 bits per heavy atom. The number of methoxy groups -OCH3 is 2. The van der Waals surface area contributed by atoms with Crippen molar-refractivity contribution in [1.29, 1.82) is 0 Å². The first kappa shape index (κ1) is 19.7. The minimum atomic E-state index is -0.0473. The van der Waals surface area contributed by atoms with Gasteiger partial charge in [0.2, 0.25) is 5.95 Å². The van der Waals surface area contributed by atoms with Crippen molar-refractivity contribution in [3.63, 3.8) is 0 Å². The van der Waals surface area contributed by atoms with E-state index in [1.165, 1.54) is 0 Å². The third kappa shape index (κ3) is 3.66. The van der Waals surface area contributed by atoms with E-state index >= 15 is 0 Å². The molecular formula is C21H24N6O3. The Labute approximate surface area is 174 Å². The van der Waals surface area contributed by atoms with Crippen molar-refractivity contribution in [2.24, 2.45) is 0 Å². The van der Waals surface area contributed by atoms with Gasteiger partial charge in [0.1, 0.15) is 11.5 Å². The van der Waals surface area contributed by atoms with Gasteiger partial charge in [-0.3, -0.25) is 4.79 Å². The molecule has 1 fully saturated rings. The minimum Gasteiger partial charge on any atom is -0.496 e. The number of rotatable bonds is 5. The molecule has 30 heavy (non-hydrogen) atoms. The van der Waals surface area contributed by atoms with E-state index < -0.39 is 0 Å². The summed E-state index contributed by atoms with van der Waals surface area (Å²) in [6.45, 7) is 4.32. The van der Waals surface area contributed by atoms with Gasteiger partial charge in [-0.15, -0.1) is 0 Å². The van der Waals surface area contributed by atoms with Crippen LogP contribution in [0.2, 0.25) is 0 Å². The maximum absolute atomic E-state index is 13.1. The average molecular weight is 408 g/mol. The number of aromatic nitrogens is 4. The number of tetrazole rings is 1. The minimum absolute atomic E-state index is 0.0473. The van der Waals surface area contributed by atoms with Crippen LogP contribution in [0.3, 0.4) is 0 Å². The van der Waals surface area contributed by atoms with E-state index in [1.807, 2.05) is 42.2 Å². The number of ether oxygens (including phenoxy) is 2. The molecule has 0 atom stereocenters. The van der Waals surface area contributed by atoms with Crippen molar-refractivity contribution >= 4 is 11.9 Å². The number of hydrogen-bond donors (Lipinski definition) is 0. The molecule has 1 aliphatic rings. The molecule has 1 aliphatic heterocycles. The molecule has 3 aromatic rings. The second-order valence-electron chi connectivity index (χ2n) is 7.01. The van der Waals surface area contributed by atoms with Crippen LogP contribution in [0.4, 0.5) is 5.95 Å². The van der Waals surface area contributed by atoms with Crippen LogP contribution in [-0.2, 0) is 0 Å². The Kier molecular flexibility index (Phi) is 5.51. The van der Waals surface area contributed by atoms with Gasteiger partial charge in [0, 0.05) is 37.3 Å². The van der Waals surface area contributed by atoms with Crippen molar-refractivity contribution in [3.05, 3.63) is 53.6 Å². The molecule has 1 saturated heterocycles. The van der Waals surface area contributed by atoms with E-state index in [4.69, 9.17) is 9.47 Å². The summed E-state index contributed by atoms with van der Waals surface area (Å²) in [6, 6.07) is 13.3. The molecule has 4 rings (SSSR count). The third-order valence-electron chi connectivity index (χ3n) is 5.30. The van der Waals surface area contributed by atoms with Crippen LogP contribution in [0.5, 0.6) is 11.5 Å². The third-order valence-corrected chi connectivity index (χ3v) is 5.30. The molecule has 2 aromatic carbocycles. The first-order chi connectivity index (χ1) is 14.6. The van der Waals surface area contributed by atoms with Crippen LogP contribution >= 0.6 is 0 Å². The van der Waals surface area contributed by atoms with E-state index in [0.29, 0.717) is 49.2 Å². The Bertz CT molecular complexity index is 1000. The first-order valence-corrected chi connectivity index (χ1v) is 9.73. The van der Waals surface area contributed by atoms with Crippen LogP contribution in [0.15, 0.2) is 42.5 Å². The summed E-state index contributed by atoms with van der Waals surface area (Å²) in [5.41, 5.74) is 2.32. The summed E-state index contributed by atoms with van der Waals surface area (Å²) in [5, 5.41) is 12.1. The zero-order valence-electron chi connectivity index (χ0n) is 17.3. The molecule has 0 bridgehead atoms. The smallest absolute Gasteiger partial charge is 0.254 e. The molecule has 0 saturated carbocycles. The fourth-order valence-electron chi connectivity index (χ4n) is 3.62. The Balaban J connectivity index is 1.48. The van der Waals surface area contributed by atoms with Crippen molar-refractivity contribution in [2.75, 3.05) is 45.3 Å². The van der Waals surface area contributed by atoms with Gasteiger partial charge in [-0.05, 0) is 41.6 Å². The summed E-state index contributed by atoms with van der Waals surface area (Å²) in [4.78, 5) is 17.0. The largest absolute Gasteiger partial charge is 0.496 e. The van der Waals surface area contributed by atoms with Crippen molar-refractivity contribution in [3.8, 4) is 17.2 Å². The summed E-state index contributed by atoms with van der Waals surface area (Å²) in [5.74, 6) is 1.90. The fraction of sp³-hybridized carbons (Fsp3) is 0.333. The number of carbonyl (C=O) groups excluding carboxylic acids is 1. The van der Waals surface area contributed by atoms with Crippen molar-refractivity contribution in [2.45, 2.75) is 6.92 Å². The van der Waals surface area contributed by atoms with Crippen LogP contribution in [0, 0.1) is 6.92 Å². The summed E-state index contributed by atoms with van der Waals surface area (Å²) >= 11 is 0. The molecule has 0 spiro atoms. The molecule has 156 valence electrons. The number of hydrogen-bond acceptors (Lipinski definition) is 7. The van der Waals surface area contributed by atoms with Gasteiger partial charge < -0.3 is 19.3 Å². The van der Waals surface area contributed by atoms with Gasteiger partial charge in [-0.2, -0.15) is 4.68 Å². The molecule has 0 radical (unpaired) electrons. The highest BCUT2D eigenvalue weighted by atomic mass is 16.5. The number of amides is 1. The van der Waals surface area contributed by atoms with Crippen LogP contribution < -0.4 is 14.4 Å². The van der Waals surface area contributed by atoms with E-state index in [1.54, 1.807) is 31.0 Å². The fourth-order valence-corrected chi connectivity index (χ4v) is 3.62. The van der Waals surface area contributed by atoms with Crippen molar-refractivity contribution in [1.82, 2.24) is 25.1 Å². The predicted molar refractivity (Wildman–Crippen MR) is 112 cm³/mol. The molecule has 0 N–H and O–H groups in total. The molecule has 9 nitrogen and oxygen atoms in total. The summed E-state index contributed by atoms with van der Waals surface area (Å²) in [7, 11) is 3.18. The lowest BCUT2D eigenvalue weighted by Gasteiger charge is -2.35. The predicted octanol–water partition coefficient (Wildman–Crippen LogP) is 1.95. The lowest BCUT2D eigenvalue weighted by atomic mass is 10.1. The molecule has 2 heterocycles. The summed E-state index contributed by atoms with van der Waals surface area (Å²) in [6.07, 6.45) is 0. The number of anilines is 1. The number of para-hydroxylation sites is 1. The van der Waals surface area contributed by atoms with Gasteiger partial charge in [0.15, 0.2) is 0 Å². The SMILES string of the molecule is COc1cc(C(=O)N2CCN(c3nnnn3-c3ccccc3)CC2)cc(OC)c1C. The number of benzene rings is 2. The van der Waals surface area contributed by atoms with Crippen LogP contribution in [0.1, 0.15) is 15.9 Å². The van der Waals surface area contributed by atoms with E-state index in [2.05, 4.69) is 20.4 Å². The van der Waals surface area contributed by atoms with E-state index in [9.17, 15) is 4.79 Å². The van der Waals surface area contributed by atoms with Gasteiger partial charge in [0.25, 0.3) is 5.91 Å². The van der Waals surface area contributed by atoms with Gasteiger partial charge >= 0.3 is 0 Å². The average Bonchev–Trinajstić information content (AvgIpc) is 3.29. The number of nitrogens with zero attached hydrogens (tertiary/aromatic N) is 6. The second-order valence-corrected chi connectivity index (χ2v) is 7.01. The lowest BCUT2D eigenvalue weighted by molar-refractivity contribution is 0.0745. The maximum Gasteiger partial charge on any atom is 0.254 e. The Hall–Kier alpha value is -3.62. The normalized spacial score (nSPS) is 14.0. The van der Waals surface area contributed by atoms with E-state index in [-0.39, 0.29) is 5.91 Å². The van der Waals surface area contributed by atoms with Crippen LogP contribution in [-0.4, -0.2) is 71.4 Å². The highest BCUT2D eigenvalue weighted by molar-refractivity contribution is 5.95.